The minimum absolute atomic E-state index is 0.0620. The summed E-state index contributed by atoms with van der Waals surface area (Å²) in [5.41, 5.74) is 2.36. The van der Waals surface area contributed by atoms with Gasteiger partial charge in [0.25, 0.3) is 5.91 Å². The number of carbonyl (C=O) groups excluding carboxylic acids is 2. The van der Waals surface area contributed by atoms with Gasteiger partial charge in [-0.2, -0.15) is 0 Å². The minimum Gasteiger partial charge on any atom is -0.465 e. The molecule has 162 valence electrons. The Morgan fingerprint density at radius 1 is 1.16 bits per heavy atom. The number of benzodiazepines with no additional fused rings is 1. The van der Waals surface area contributed by atoms with Gasteiger partial charge in [0.2, 0.25) is 12.1 Å². The molecule has 9 nitrogen and oxygen atoms in total. The normalized spacial score (nSPS) is 16.8. The van der Waals surface area contributed by atoms with Gasteiger partial charge in [-0.3, -0.25) is 14.6 Å². The zero-order valence-electron chi connectivity index (χ0n) is 17.6. The van der Waals surface area contributed by atoms with Gasteiger partial charge in [0.15, 0.2) is 0 Å². The lowest BCUT2D eigenvalue weighted by atomic mass is 10.0. The molecule has 3 N–H and O–H groups in total. The molecule has 0 bridgehead atoms. The molecule has 9 heteroatoms. The number of carboxylic acid groups (broad SMARTS) is 1. The van der Waals surface area contributed by atoms with E-state index in [0.29, 0.717) is 22.7 Å². The molecule has 2 unspecified atom stereocenters. The molecule has 0 spiro atoms. The number of pyridine rings is 1. The molecule has 1 aromatic heterocycles. The SMILES string of the molecule is CC(C)CC(NC(=O)O)C(=O)NC1N=C(c2ccccn2)c2ccccc2N(C)C1=O. The fourth-order valence-electron chi connectivity index (χ4n) is 3.41. The summed E-state index contributed by atoms with van der Waals surface area (Å²) in [6.45, 7) is 3.75. The van der Waals surface area contributed by atoms with E-state index in [1.165, 1.54) is 4.90 Å². The van der Waals surface area contributed by atoms with E-state index in [4.69, 9.17) is 5.11 Å². The minimum atomic E-state index is -1.31. The van der Waals surface area contributed by atoms with Gasteiger partial charge in [0.1, 0.15) is 6.04 Å². The van der Waals surface area contributed by atoms with Gasteiger partial charge in [-0.15, -0.1) is 0 Å². The Bertz CT molecular complexity index is 1010. The monoisotopic (exact) mass is 423 g/mol. The predicted molar refractivity (Wildman–Crippen MR) is 116 cm³/mol. The van der Waals surface area contributed by atoms with Crippen molar-refractivity contribution in [1.29, 1.82) is 0 Å². The molecular formula is C22H25N5O4. The predicted octanol–water partition coefficient (Wildman–Crippen LogP) is 2.02. The summed E-state index contributed by atoms with van der Waals surface area (Å²) in [6, 6.07) is 11.6. The van der Waals surface area contributed by atoms with E-state index in [1.807, 2.05) is 38.1 Å². The summed E-state index contributed by atoms with van der Waals surface area (Å²) < 4.78 is 0. The van der Waals surface area contributed by atoms with Crippen molar-refractivity contribution in [3.05, 3.63) is 59.9 Å². The molecule has 3 rings (SSSR count). The van der Waals surface area contributed by atoms with Gasteiger partial charge < -0.3 is 20.6 Å². The van der Waals surface area contributed by atoms with E-state index >= 15 is 0 Å². The van der Waals surface area contributed by atoms with Crippen molar-refractivity contribution in [1.82, 2.24) is 15.6 Å². The molecule has 0 fully saturated rings. The largest absolute Gasteiger partial charge is 0.465 e. The molecule has 0 saturated carbocycles. The average Bonchev–Trinajstić information content (AvgIpc) is 2.84. The first kappa shape index (κ1) is 21.9. The highest BCUT2D eigenvalue weighted by atomic mass is 16.4. The summed E-state index contributed by atoms with van der Waals surface area (Å²) in [7, 11) is 1.61. The first-order valence-corrected chi connectivity index (χ1v) is 9.94. The van der Waals surface area contributed by atoms with E-state index in [-0.39, 0.29) is 12.3 Å². The van der Waals surface area contributed by atoms with Crippen LogP contribution in [0.1, 0.15) is 31.5 Å². The van der Waals surface area contributed by atoms with Crippen LogP contribution in [-0.4, -0.2) is 53.0 Å². The van der Waals surface area contributed by atoms with Crippen LogP contribution >= 0.6 is 0 Å². The van der Waals surface area contributed by atoms with Crippen LogP contribution < -0.4 is 15.5 Å². The third-order valence-electron chi connectivity index (χ3n) is 4.85. The zero-order chi connectivity index (χ0) is 22.5. The van der Waals surface area contributed by atoms with Crippen molar-refractivity contribution in [3.63, 3.8) is 0 Å². The molecule has 1 aromatic carbocycles. The summed E-state index contributed by atoms with van der Waals surface area (Å²) in [6.07, 6.45) is -0.631. The van der Waals surface area contributed by atoms with Gasteiger partial charge in [0.05, 0.1) is 17.1 Å². The second-order valence-electron chi connectivity index (χ2n) is 7.65. The number of carbonyl (C=O) groups is 3. The number of fused-ring (bicyclic) bond motifs is 1. The van der Waals surface area contributed by atoms with E-state index < -0.39 is 30.1 Å². The van der Waals surface area contributed by atoms with Gasteiger partial charge >= 0.3 is 6.09 Å². The van der Waals surface area contributed by atoms with E-state index in [2.05, 4.69) is 20.6 Å². The van der Waals surface area contributed by atoms with E-state index in [9.17, 15) is 14.4 Å². The van der Waals surface area contributed by atoms with Crippen LogP contribution in [0.5, 0.6) is 0 Å². The fraction of sp³-hybridized carbons (Fsp3) is 0.318. The number of nitrogens with zero attached hydrogens (tertiary/aromatic N) is 3. The maximum Gasteiger partial charge on any atom is 0.405 e. The first-order valence-electron chi connectivity index (χ1n) is 9.94. The molecule has 0 radical (unpaired) electrons. The van der Waals surface area contributed by atoms with Crippen molar-refractivity contribution in [2.75, 3.05) is 11.9 Å². The Labute approximate surface area is 180 Å². The highest BCUT2D eigenvalue weighted by molar-refractivity contribution is 6.19. The highest BCUT2D eigenvalue weighted by Crippen LogP contribution is 2.26. The lowest BCUT2D eigenvalue weighted by molar-refractivity contribution is -0.128. The topological polar surface area (TPSA) is 124 Å². The Kier molecular flexibility index (Phi) is 6.64. The molecular weight excluding hydrogens is 398 g/mol. The summed E-state index contributed by atoms with van der Waals surface area (Å²) >= 11 is 0. The summed E-state index contributed by atoms with van der Waals surface area (Å²) in [4.78, 5) is 47.5. The number of amides is 3. The number of nitrogens with one attached hydrogen (secondary N) is 2. The van der Waals surface area contributed by atoms with Gasteiger partial charge in [0, 0.05) is 18.8 Å². The second kappa shape index (κ2) is 9.38. The molecule has 2 aromatic rings. The van der Waals surface area contributed by atoms with Crippen LogP contribution in [-0.2, 0) is 9.59 Å². The standard InChI is InChI=1S/C22H25N5O4/c1-13(2)12-16(24-22(30)31)20(28)26-19-21(29)27(3)17-10-5-4-8-14(17)18(25-19)15-9-6-7-11-23-15/h4-11,13,16,19,24H,12H2,1-3H3,(H,26,28)(H,30,31). The van der Waals surface area contributed by atoms with Crippen LogP contribution in [0.3, 0.4) is 0 Å². The zero-order valence-corrected chi connectivity index (χ0v) is 17.6. The van der Waals surface area contributed by atoms with Gasteiger partial charge in [-0.25, -0.2) is 9.79 Å². The van der Waals surface area contributed by atoms with Crippen LogP contribution in [0, 0.1) is 5.92 Å². The molecule has 2 atom stereocenters. The van der Waals surface area contributed by atoms with E-state index in [1.54, 1.807) is 31.4 Å². The smallest absolute Gasteiger partial charge is 0.405 e. The number of aliphatic imine (C=N–C) groups is 1. The van der Waals surface area contributed by atoms with Crippen molar-refractivity contribution in [2.24, 2.45) is 10.9 Å². The maximum absolute atomic E-state index is 13.1. The number of para-hydroxylation sites is 1. The maximum atomic E-state index is 13.1. The third kappa shape index (κ3) is 5.06. The van der Waals surface area contributed by atoms with Crippen LogP contribution in [0.4, 0.5) is 10.5 Å². The number of anilines is 1. The highest BCUT2D eigenvalue weighted by Gasteiger charge is 2.33. The Hall–Kier alpha value is -3.75. The lowest BCUT2D eigenvalue weighted by Crippen LogP contribution is -2.53. The molecule has 1 aliphatic heterocycles. The molecule has 1 aliphatic rings. The number of aromatic nitrogens is 1. The Balaban J connectivity index is 2.00. The van der Waals surface area contributed by atoms with Crippen molar-refractivity contribution >= 4 is 29.3 Å². The number of hydrogen-bond donors (Lipinski definition) is 3. The first-order chi connectivity index (χ1) is 14.8. The average molecular weight is 423 g/mol. The van der Waals surface area contributed by atoms with Crippen LogP contribution in [0.25, 0.3) is 0 Å². The summed E-state index contributed by atoms with van der Waals surface area (Å²) in [5.74, 6) is -0.991. The molecule has 31 heavy (non-hydrogen) atoms. The molecule has 0 saturated heterocycles. The molecule has 0 aliphatic carbocycles. The number of benzene rings is 1. The van der Waals surface area contributed by atoms with Crippen molar-refractivity contribution in [2.45, 2.75) is 32.5 Å². The molecule has 2 heterocycles. The Morgan fingerprint density at radius 3 is 2.52 bits per heavy atom. The number of rotatable bonds is 6. The lowest BCUT2D eigenvalue weighted by Gasteiger charge is -2.23. The van der Waals surface area contributed by atoms with Gasteiger partial charge in [-0.1, -0.05) is 38.1 Å². The molecule has 3 amide bonds. The van der Waals surface area contributed by atoms with Crippen molar-refractivity contribution < 1.29 is 19.5 Å². The number of hydrogen-bond acceptors (Lipinski definition) is 5. The Morgan fingerprint density at radius 2 is 1.87 bits per heavy atom. The second-order valence-corrected chi connectivity index (χ2v) is 7.65. The van der Waals surface area contributed by atoms with Crippen molar-refractivity contribution in [3.8, 4) is 0 Å². The van der Waals surface area contributed by atoms with E-state index in [0.717, 1.165) is 0 Å². The fourth-order valence-corrected chi connectivity index (χ4v) is 3.41. The van der Waals surface area contributed by atoms with Gasteiger partial charge in [-0.05, 0) is 30.5 Å². The third-order valence-corrected chi connectivity index (χ3v) is 4.85. The number of likely N-dealkylation sites (N-methyl/N-ethyl adjacent to an activating group) is 1. The summed E-state index contributed by atoms with van der Waals surface area (Å²) in [5, 5.41) is 13.9. The van der Waals surface area contributed by atoms with Crippen LogP contribution in [0.15, 0.2) is 53.7 Å². The van der Waals surface area contributed by atoms with Crippen LogP contribution in [0.2, 0.25) is 0 Å². The quantitative estimate of drug-likeness (QED) is 0.656.